The van der Waals surface area contributed by atoms with Gasteiger partial charge in [-0.1, -0.05) is 44.2 Å². The van der Waals surface area contributed by atoms with Gasteiger partial charge in [0.1, 0.15) is 24.4 Å². The van der Waals surface area contributed by atoms with E-state index in [0.717, 1.165) is 12.0 Å². The molecule has 5 rings (SSSR count). The van der Waals surface area contributed by atoms with Gasteiger partial charge in [-0.05, 0) is 45.1 Å². The molecule has 0 aliphatic carbocycles. The van der Waals surface area contributed by atoms with Gasteiger partial charge in [0, 0.05) is 6.42 Å². The predicted octanol–water partition coefficient (Wildman–Crippen LogP) is 4.00. The minimum absolute atomic E-state index is 0.0331. The maximum Gasteiger partial charge on any atom is 0.190 e. The highest BCUT2D eigenvalue weighted by atomic mass is 16.9. The fourth-order valence-corrected chi connectivity index (χ4v) is 5.45. The van der Waals surface area contributed by atoms with E-state index in [4.69, 9.17) is 37.9 Å². The highest BCUT2D eigenvalue weighted by Gasteiger charge is 2.60. The first-order chi connectivity index (χ1) is 16.6. The molecule has 4 fully saturated rings. The van der Waals surface area contributed by atoms with Gasteiger partial charge in [0.2, 0.25) is 0 Å². The molecular weight excluding hydrogens is 452 g/mol. The number of hydrogen-bond acceptors (Lipinski definition) is 8. The first-order valence-corrected chi connectivity index (χ1v) is 12.9. The summed E-state index contributed by atoms with van der Waals surface area (Å²) in [6.45, 7) is 13.5. The van der Waals surface area contributed by atoms with Crippen molar-refractivity contribution in [2.75, 3.05) is 13.2 Å². The minimum atomic E-state index is -0.739. The molecule has 4 unspecified atom stereocenters. The van der Waals surface area contributed by atoms with Crippen LogP contribution in [0.4, 0.5) is 0 Å². The van der Waals surface area contributed by atoms with Gasteiger partial charge < -0.3 is 37.9 Å². The Labute approximate surface area is 208 Å². The Balaban J connectivity index is 1.18. The van der Waals surface area contributed by atoms with E-state index in [0.29, 0.717) is 31.7 Å². The van der Waals surface area contributed by atoms with Gasteiger partial charge in [-0.25, -0.2) is 0 Å². The van der Waals surface area contributed by atoms with E-state index in [9.17, 15) is 0 Å². The van der Waals surface area contributed by atoms with Crippen molar-refractivity contribution in [1.29, 1.82) is 0 Å². The molecule has 4 saturated heterocycles. The lowest BCUT2D eigenvalue weighted by Crippen LogP contribution is -2.56. The van der Waals surface area contributed by atoms with E-state index in [2.05, 4.69) is 26.0 Å². The molecule has 8 nitrogen and oxygen atoms in total. The lowest BCUT2D eigenvalue weighted by molar-refractivity contribution is -0.274. The second-order valence-corrected chi connectivity index (χ2v) is 11.2. The van der Waals surface area contributed by atoms with Crippen LogP contribution in [0, 0.1) is 11.8 Å². The van der Waals surface area contributed by atoms with Crippen LogP contribution in [0.15, 0.2) is 30.3 Å². The Hall–Kier alpha value is -1.10. The van der Waals surface area contributed by atoms with Crippen LogP contribution in [0.1, 0.15) is 53.5 Å². The van der Waals surface area contributed by atoms with Gasteiger partial charge in [-0.15, -0.1) is 0 Å². The number of benzene rings is 1. The molecule has 0 saturated carbocycles. The van der Waals surface area contributed by atoms with E-state index in [1.54, 1.807) is 0 Å². The maximum atomic E-state index is 6.34. The van der Waals surface area contributed by atoms with Gasteiger partial charge in [-0.3, -0.25) is 0 Å². The third kappa shape index (κ3) is 5.75. The molecule has 4 aliphatic rings. The van der Waals surface area contributed by atoms with Crippen LogP contribution in [0.2, 0.25) is 0 Å². The SMILES string of the molecule is CC1C[C@H](OCC2O[C@@H]3OC(C)(C)O[C@H]3C3OC(C)(C)O[C@@H]23)OC(COCc2ccccc2)[C@H]1C. The quantitative estimate of drug-likeness (QED) is 0.566. The van der Waals surface area contributed by atoms with Crippen molar-refractivity contribution in [3.8, 4) is 0 Å². The summed E-state index contributed by atoms with van der Waals surface area (Å²) < 4.78 is 49.4. The number of ether oxygens (including phenoxy) is 8. The van der Waals surface area contributed by atoms with Gasteiger partial charge in [0.05, 0.1) is 25.9 Å². The highest BCUT2D eigenvalue weighted by molar-refractivity contribution is 5.13. The maximum absolute atomic E-state index is 6.34. The predicted molar refractivity (Wildman–Crippen MR) is 126 cm³/mol. The van der Waals surface area contributed by atoms with Crippen molar-refractivity contribution in [1.82, 2.24) is 0 Å². The van der Waals surface area contributed by atoms with Crippen LogP contribution in [0.5, 0.6) is 0 Å². The third-order valence-electron chi connectivity index (χ3n) is 7.47. The van der Waals surface area contributed by atoms with Gasteiger partial charge in [0.15, 0.2) is 24.2 Å². The van der Waals surface area contributed by atoms with Crippen LogP contribution in [-0.4, -0.2) is 67.9 Å². The minimum Gasteiger partial charge on any atom is -0.374 e. The molecule has 4 heterocycles. The second-order valence-electron chi connectivity index (χ2n) is 11.2. The first kappa shape index (κ1) is 25.5. The van der Waals surface area contributed by atoms with E-state index >= 15 is 0 Å². The normalized spacial score (nSPS) is 41.9. The largest absolute Gasteiger partial charge is 0.374 e. The summed E-state index contributed by atoms with van der Waals surface area (Å²) >= 11 is 0. The highest BCUT2D eigenvalue weighted by Crippen LogP contribution is 2.44. The van der Waals surface area contributed by atoms with Crippen LogP contribution >= 0.6 is 0 Å². The van der Waals surface area contributed by atoms with Crippen molar-refractivity contribution < 1.29 is 37.9 Å². The van der Waals surface area contributed by atoms with Gasteiger partial charge >= 0.3 is 0 Å². The van der Waals surface area contributed by atoms with E-state index in [1.165, 1.54) is 0 Å². The van der Waals surface area contributed by atoms with Crippen molar-refractivity contribution in [2.45, 2.75) is 109 Å². The van der Waals surface area contributed by atoms with Crippen molar-refractivity contribution in [2.24, 2.45) is 11.8 Å². The van der Waals surface area contributed by atoms with E-state index in [-0.39, 0.29) is 36.8 Å². The second kappa shape index (κ2) is 9.99. The Morgan fingerprint density at radius 3 is 2.26 bits per heavy atom. The summed E-state index contributed by atoms with van der Waals surface area (Å²) in [5, 5.41) is 0. The van der Waals surface area contributed by atoms with E-state index in [1.807, 2.05) is 45.9 Å². The fourth-order valence-electron chi connectivity index (χ4n) is 5.45. The molecule has 0 spiro atoms. The molecule has 0 N–H and O–H groups in total. The fraction of sp³-hybridized carbons (Fsp3) is 0.778. The zero-order chi connectivity index (χ0) is 24.8. The Kier molecular flexibility index (Phi) is 7.29. The van der Waals surface area contributed by atoms with Crippen LogP contribution in [0.25, 0.3) is 0 Å². The Morgan fingerprint density at radius 2 is 1.49 bits per heavy atom. The number of rotatable bonds is 7. The van der Waals surface area contributed by atoms with Crippen LogP contribution < -0.4 is 0 Å². The van der Waals surface area contributed by atoms with Crippen molar-refractivity contribution >= 4 is 0 Å². The molecule has 1 aromatic rings. The summed E-state index contributed by atoms with van der Waals surface area (Å²) in [5.41, 5.74) is 1.15. The molecule has 4 aliphatic heterocycles. The summed E-state index contributed by atoms with van der Waals surface area (Å²) in [5.74, 6) is -0.647. The summed E-state index contributed by atoms with van der Waals surface area (Å²) in [7, 11) is 0. The Bertz CT molecular complexity index is 845. The molecular formula is C27H40O8. The van der Waals surface area contributed by atoms with Crippen LogP contribution in [-0.2, 0) is 44.5 Å². The average molecular weight is 493 g/mol. The molecule has 0 amide bonds. The molecule has 196 valence electrons. The summed E-state index contributed by atoms with van der Waals surface area (Å²) in [6.07, 6.45) is -1.37. The van der Waals surface area contributed by atoms with Crippen molar-refractivity contribution in [3.63, 3.8) is 0 Å². The zero-order valence-corrected chi connectivity index (χ0v) is 21.7. The van der Waals surface area contributed by atoms with Crippen molar-refractivity contribution in [3.05, 3.63) is 35.9 Å². The van der Waals surface area contributed by atoms with Gasteiger partial charge in [-0.2, -0.15) is 0 Å². The molecule has 35 heavy (non-hydrogen) atoms. The molecule has 0 radical (unpaired) electrons. The average Bonchev–Trinajstić information content (AvgIpc) is 3.29. The lowest BCUT2D eigenvalue weighted by atomic mass is 9.86. The first-order valence-electron chi connectivity index (χ1n) is 12.9. The Morgan fingerprint density at radius 1 is 0.800 bits per heavy atom. The monoisotopic (exact) mass is 492 g/mol. The molecule has 9 atom stereocenters. The number of fused-ring (bicyclic) bond motifs is 3. The van der Waals surface area contributed by atoms with Crippen LogP contribution in [0.3, 0.4) is 0 Å². The smallest absolute Gasteiger partial charge is 0.190 e. The summed E-state index contributed by atoms with van der Waals surface area (Å²) in [6, 6.07) is 10.2. The summed E-state index contributed by atoms with van der Waals surface area (Å²) in [4.78, 5) is 0. The standard InChI is InChI=1S/C27H40O8/c1-16-12-21(30-19(17(16)2)14-28-13-18-10-8-7-9-11-18)29-15-20-22-23(33-26(3,4)32-22)24-25(31-20)35-27(5,6)34-24/h7-11,16-17,19-25H,12-15H2,1-6H3/t16?,17-,19?,20?,21+,22-,23?,24-,25+/m0/s1. The van der Waals surface area contributed by atoms with Gasteiger partial charge in [0.25, 0.3) is 0 Å². The number of hydrogen-bond donors (Lipinski definition) is 0. The lowest BCUT2D eigenvalue weighted by Gasteiger charge is -2.41. The third-order valence-corrected chi connectivity index (χ3v) is 7.47. The molecule has 1 aromatic carbocycles. The zero-order valence-electron chi connectivity index (χ0n) is 21.7. The van der Waals surface area contributed by atoms with E-state index < -0.39 is 17.9 Å². The molecule has 8 heteroatoms. The molecule has 0 bridgehead atoms. The molecule has 0 aromatic heterocycles. The topological polar surface area (TPSA) is 73.8 Å².